The third kappa shape index (κ3) is 3.59. The average Bonchev–Trinajstić information content (AvgIpc) is 3.59. The minimum absolute atomic E-state index is 0.148. The SMILES string of the molecule is Cn1ccc(N(C(=O)c2cc3c(cc2F)nc(N)c2cn[nH]c23)C2COc3nc(C(F)(F)F)ccc32)n1. The number of carbonyl (C=O) groups is 1. The molecule has 1 atom stereocenters. The quantitative estimate of drug-likeness (QED) is 0.352. The van der Waals surface area contributed by atoms with Gasteiger partial charge in [-0.15, -0.1) is 0 Å². The van der Waals surface area contributed by atoms with Crippen LogP contribution in [0.2, 0.25) is 0 Å². The highest BCUT2D eigenvalue weighted by Crippen LogP contribution is 2.40. The maximum atomic E-state index is 15.3. The number of hydrogen-bond acceptors (Lipinski definition) is 7. The van der Waals surface area contributed by atoms with Gasteiger partial charge >= 0.3 is 6.18 Å². The van der Waals surface area contributed by atoms with Crippen molar-refractivity contribution in [3.05, 3.63) is 65.4 Å². The van der Waals surface area contributed by atoms with Crippen LogP contribution in [0.15, 0.2) is 42.7 Å². The Morgan fingerprint density at radius 3 is 2.76 bits per heavy atom. The number of anilines is 2. The van der Waals surface area contributed by atoms with E-state index in [-0.39, 0.29) is 40.8 Å². The number of nitrogens with two attached hydrogens (primary N) is 1. The number of hydrogen-bond donors (Lipinski definition) is 2. The van der Waals surface area contributed by atoms with E-state index in [9.17, 15) is 18.0 Å². The summed E-state index contributed by atoms with van der Waals surface area (Å²) in [5.74, 6) is -1.62. The first-order chi connectivity index (χ1) is 17.6. The first kappa shape index (κ1) is 22.7. The van der Waals surface area contributed by atoms with E-state index >= 15 is 4.39 Å². The van der Waals surface area contributed by atoms with Gasteiger partial charge in [0.2, 0.25) is 5.88 Å². The van der Waals surface area contributed by atoms with Crippen LogP contribution in [0.5, 0.6) is 5.88 Å². The Kier molecular flexibility index (Phi) is 4.83. The minimum Gasteiger partial charge on any atom is -0.475 e. The van der Waals surface area contributed by atoms with Crippen molar-refractivity contribution in [1.29, 1.82) is 0 Å². The number of carbonyl (C=O) groups excluding carboxylic acids is 1. The number of halogens is 4. The number of aromatic amines is 1. The molecule has 5 aromatic rings. The van der Waals surface area contributed by atoms with Crippen LogP contribution in [0, 0.1) is 5.82 Å². The maximum Gasteiger partial charge on any atom is 0.433 e. The van der Waals surface area contributed by atoms with Crippen LogP contribution in [0.1, 0.15) is 27.7 Å². The number of alkyl halides is 3. The lowest BCUT2D eigenvalue weighted by atomic mass is 10.0. The van der Waals surface area contributed by atoms with Gasteiger partial charge in [-0.05, 0) is 18.2 Å². The average molecular weight is 512 g/mol. The number of benzene rings is 1. The first-order valence-electron chi connectivity index (χ1n) is 10.9. The van der Waals surface area contributed by atoms with E-state index in [2.05, 4.69) is 25.3 Å². The number of fused-ring (bicyclic) bond motifs is 4. The van der Waals surface area contributed by atoms with Crippen LogP contribution in [0.3, 0.4) is 0 Å². The second-order valence-corrected chi connectivity index (χ2v) is 8.44. The molecular formula is C23H16F4N8O2. The molecule has 5 heterocycles. The molecule has 1 aliphatic rings. The minimum atomic E-state index is -4.67. The third-order valence-electron chi connectivity index (χ3n) is 6.14. The Morgan fingerprint density at radius 2 is 2.03 bits per heavy atom. The zero-order valence-electron chi connectivity index (χ0n) is 18.9. The number of aryl methyl sites for hydroxylation is 1. The molecule has 188 valence electrons. The lowest BCUT2D eigenvalue weighted by molar-refractivity contribution is -0.141. The molecule has 4 aromatic heterocycles. The zero-order valence-corrected chi connectivity index (χ0v) is 18.9. The summed E-state index contributed by atoms with van der Waals surface area (Å²) in [6, 6.07) is 5.04. The Balaban J connectivity index is 1.49. The number of ether oxygens (including phenoxy) is 1. The molecule has 0 bridgehead atoms. The Bertz CT molecular complexity index is 1710. The maximum absolute atomic E-state index is 15.3. The van der Waals surface area contributed by atoms with E-state index in [0.29, 0.717) is 16.3 Å². The molecule has 0 spiro atoms. The molecule has 37 heavy (non-hydrogen) atoms. The predicted octanol–water partition coefficient (Wildman–Crippen LogP) is 3.76. The van der Waals surface area contributed by atoms with Crippen molar-refractivity contribution >= 4 is 39.3 Å². The predicted molar refractivity (Wildman–Crippen MR) is 123 cm³/mol. The molecule has 10 nitrogen and oxygen atoms in total. The van der Waals surface area contributed by atoms with Crippen LogP contribution >= 0.6 is 0 Å². The second kappa shape index (κ2) is 7.88. The van der Waals surface area contributed by atoms with Crippen molar-refractivity contribution in [1.82, 2.24) is 29.9 Å². The fraction of sp³-hybridized carbons (Fsp3) is 0.174. The summed E-state index contributed by atoms with van der Waals surface area (Å²) >= 11 is 0. The normalized spacial score (nSPS) is 15.2. The van der Waals surface area contributed by atoms with Crippen molar-refractivity contribution < 1.29 is 27.1 Å². The van der Waals surface area contributed by atoms with Crippen molar-refractivity contribution in [2.75, 3.05) is 17.2 Å². The molecule has 0 saturated carbocycles. The van der Waals surface area contributed by atoms with E-state index in [4.69, 9.17) is 10.5 Å². The van der Waals surface area contributed by atoms with Crippen LogP contribution in [0.25, 0.3) is 21.8 Å². The van der Waals surface area contributed by atoms with Gasteiger partial charge < -0.3 is 10.5 Å². The van der Waals surface area contributed by atoms with E-state index in [1.54, 1.807) is 13.2 Å². The fourth-order valence-electron chi connectivity index (χ4n) is 4.40. The van der Waals surface area contributed by atoms with Crippen LogP contribution in [-0.2, 0) is 13.2 Å². The van der Waals surface area contributed by atoms with Crippen molar-refractivity contribution in [3.8, 4) is 5.88 Å². The molecule has 0 aliphatic carbocycles. The highest BCUT2D eigenvalue weighted by atomic mass is 19.4. The number of H-pyrrole nitrogens is 1. The number of rotatable bonds is 3. The monoisotopic (exact) mass is 512 g/mol. The van der Waals surface area contributed by atoms with Crippen molar-refractivity contribution in [2.24, 2.45) is 7.05 Å². The van der Waals surface area contributed by atoms with Gasteiger partial charge in [-0.2, -0.15) is 23.4 Å². The smallest absolute Gasteiger partial charge is 0.433 e. The number of nitrogens with one attached hydrogen (secondary N) is 1. The number of nitrogen functional groups attached to an aromatic ring is 1. The van der Waals surface area contributed by atoms with Crippen molar-refractivity contribution in [2.45, 2.75) is 12.2 Å². The Morgan fingerprint density at radius 1 is 1.22 bits per heavy atom. The molecule has 14 heteroatoms. The molecule has 1 amide bonds. The molecule has 1 aromatic carbocycles. The summed E-state index contributed by atoms with van der Waals surface area (Å²) in [6.45, 7) is -0.204. The third-order valence-corrected chi connectivity index (χ3v) is 6.14. The van der Waals surface area contributed by atoms with Gasteiger partial charge in [-0.25, -0.2) is 14.4 Å². The molecule has 0 radical (unpaired) electrons. The lowest BCUT2D eigenvalue weighted by Gasteiger charge is -2.26. The zero-order chi connectivity index (χ0) is 26.1. The van der Waals surface area contributed by atoms with E-state index in [1.807, 2.05) is 0 Å². The van der Waals surface area contributed by atoms with E-state index in [0.717, 1.165) is 12.1 Å². The molecule has 1 unspecified atom stereocenters. The van der Waals surface area contributed by atoms with Crippen molar-refractivity contribution in [3.63, 3.8) is 0 Å². The summed E-state index contributed by atoms with van der Waals surface area (Å²) < 4.78 is 61.7. The molecule has 3 N–H and O–H groups in total. The van der Waals surface area contributed by atoms with Gasteiger partial charge in [0, 0.05) is 36.3 Å². The van der Waals surface area contributed by atoms with Gasteiger partial charge in [-0.3, -0.25) is 19.5 Å². The number of nitrogens with zero attached hydrogens (tertiary/aromatic N) is 6. The van der Waals surface area contributed by atoms with Crippen LogP contribution in [-0.4, -0.2) is 42.5 Å². The summed E-state index contributed by atoms with van der Waals surface area (Å²) in [5.41, 5.74) is 5.42. The van der Waals surface area contributed by atoms with Gasteiger partial charge in [0.15, 0.2) is 5.82 Å². The highest BCUT2D eigenvalue weighted by molar-refractivity contribution is 6.12. The molecular weight excluding hydrogens is 496 g/mol. The molecule has 0 fully saturated rings. The first-order valence-corrected chi connectivity index (χ1v) is 10.9. The Labute approximate surface area is 204 Å². The lowest BCUT2D eigenvalue weighted by Crippen LogP contribution is -2.37. The largest absolute Gasteiger partial charge is 0.475 e. The number of aromatic nitrogens is 6. The standard InChI is InChI=1S/C23H16F4N8O2/c1-34-5-4-18(33-34)35(16-9-37-21-10(16)2-3-17(31-21)23(25,26)27)22(36)11-6-12-15(7-14(11)24)30-20(28)13-8-29-32-19(12)13/h2-8,16H,9H2,1H3,(H2,28,30)(H,29,32). The summed E-state index contributed by atoms with van der Waals surface area (Å²) in [4.78, 5) is 22.8. The molecule has 6 rings (SSSR count). The second-order valence-electron chi connectivity index (χ2n) is 8.44. The Hall–Kier alpha value is -4.75. The summed E-state index contributed by atoms with van der Waals surface area (Å²) in [7, 11) is 1.63. The number of pyridine rings is 2. The van der Waals surface area contributed by atoms with Gasteiger partial charge in [0.05, 0.1) is 28.2 Å². The fourth-order valence-corrected chi connectivity index (χ4v) is 4.40. The molecule has 0 saturated heterocycles. The summed E-state index contributed by atoms with van der Waals surface area (Å²) in [5, 5.41) is 11.9. The van der Waals surface area contributed by atoms with Gasteiger partial charge in [0.25, 0.3) is 5.91 Å². The van der Waals surface area contributed by atoms with Crippen LogP contribution < -0.4 is 15.4 Å². The van der Waals surface area contributed by atoms with E-state index < -0.39 is 29.6 Å². The topological polar surface area (TPSA) is 128 Å². The molecule has 1 aliphatic heterocycles. The highest BCUT2D eigenvalue weighted by Gasteiger charge is 2.40. The summed E-state index contributed by atoms with van der Waals surface area (Å²) in [6.07, 6.45) is -1.62. The van der Waals surface area contributed by atoms with Gasteiger partial charge in [0.1, 0.15) is 30.0 Å². The van der Waals surface area contributed by atoms with Gasteiger partial charge in [-0.1, -0.05) is 0 Å². The number of amides is 1. The van der Waals surface area contributed by atoms with E-state index in [1.165, 1.54) is 34.0 Å². The van der Waals surface area contributed by atoms with Crippen LogP contribution in [0.4, 0.5) is 29.2 Å².